The van der Waals surface area contributed by atoms with Crippen LogP contribution in [0.25, 0.3) is 10.9 Å². The van der Waals surface area contributed by atoms with Crippen molar-refractivity contribution in [2.45, 2.75) is 75.7 Å². The van der Waals surface area contributed by atoms with Crippen LogP contribution in [-0.2, 0) is 25.6 Å². The summed E-state index contributed by atoms with van der Waals surface area (Å²) in [6, 6.07) is 3.14. The topological polar surface area (TPSA) is 204 Å². The van der Waals surface area contributed by atoms with Crippen LogP contribution in [-0.4, -0.2) is 87.1 Å². The van der Waals surface area contributed by atoms with Gasteiger partial charge >= 0.3 is 5.97 Å². The molecule has 0 saturated carbocycles. The predicted octanol–water partition coefficient (Wildman–Crippen LogP) is -0.407. The molecule has 0 bridgehead atoms. The van der Waals surface area contributed by atoms with Gasteiger partial charge in [0.15, 0.2) is 0 Å². The molecule has 1 aromatic carbocycles. The Hall–Kier alpha value is -3.48. The van der Waals surface area contributed by atoms with Gasteiger partial charge in [0.1, 0.15) is 18.1 Å². The fourth-order valence-electron chi connectivity index (χ4n) is 4.76. The van der Waals surface area contributed by atoms with Gasteiger partial charge in [-0.1, -0.05) is 24.6 Å². The molecule has 5 unspecified atom stereocenters. The minimum absolute atomic E-state index is 0.0965. The third kappa shape index (κ3) is 7.09. The second-order valence-electron chi connectivity index (χ2n) is 9.77. The van der Waals surface area contributed by atoms with Crippen molar-refractivity contribution in [2.24, 2.45) is 11.5 Å². The normalized spacial score (nSPS) is 18.5. The SMILES string of the molecule is CC(O)C(NC(=O)C(Cc1c[nH]c2ccccc12)NC(=O)C(N)CCCCN)C(=O)N1CCCC1C(=O)O. The Bertz CT molecular complexity index is 1130. The first kappa shape index (κ1) is 29.1. The molecule has 1 aliphatic heterocycles. The third-order valence-electron chi connectivity index (χ3n) is 6.91. The number of hydrogen-bond acceptors (Lipinski definition) is 7. The summed E-state index contributed by atoms with van der Waals surface area (Å²) in [5, 5.41) is 26.0. The number of aliphatic hydroxyl groups excluding tert-OH is 1. The first-order valence-electron chi connectivity index (χ1n) is 13.0. The third-order valence-corrected chi connectivity index (χ3v) is 6.91. The number of rotatable bonds is 13. The van der Waals surface area contributed by atoms with E-state index >= 15 is 0 Å². The number of carboxylic acids is 1. The first-order chi connectivity index (χ1) is 18.1. The van der Waals surface area contributed by atoms with Crippen LogP contribution in [0.1, 0.15) is 44.6 Å². The molecule has 3 amide bonds. The Morgan fingerprint density at radius 3 is 2.58 bits per heavy atom. The van der Waals surface area contributed by atoms with E-state index in [1.807, 2.05) is 24.3 Å². The van der Waals surface area contributed by atoms with Crippen LogP contribution in [0.15, 0.2) is 30.5 Å². The number of nitrogens with one attached hydrogen (secondary N) is 3. The molecule has 9 N–H and O–H groups in total. The second-order valence-corrected chi connectivity index (χ2v) is 9.77. The van der Waals surface area contributed by atoms with E-state index in [9.17, 15) is 29.4 Å². The Balaban J connectivity index is 1.81. The molecule has 12 heteroatoms. The van der Waals surface area contributed by atoms with Crippen LogP contribution in [0.2, 0.25) is 0 Å². The Labute approximate surface area is 221 Å². The van der Waals surface area contributed by atoms with Gasteiger partial charge in [-0.3, -0.25) is 14.4 Å². The molecule has 2 heterocycles. The van der Waals surface area contributed by atoms with Crippen molar-refractivity contribution in [1.29, 1.82) is 0 Å². The van der Waals surface area contributed by atoms with Gasteiger partial charge in [-0.15, -0.1) is 0 Å². The lowest BCUT2D eigenvalue weighted by Crippen LogP contribution is -2.60. The lowest BCUT2D eigenvalue weighted by Gasteiger charge is -2.30. The van der Waals surface area contributed by atoms with E-state index in [-0.39, 0.29) is 13.0 Å². The van der Waals surface area contributed by atoms with Gasteiger partial charge in [0.2, 0.25) is 17.7 Å². The summed E-state index contributed by atoms with van der Waals surface area (Å²) in [5.74, 6) is -3.04. The van der Waals surface area contributed by atoms with E-state index in [4.69, 9.17) is 11.5 Å². The van der Waals surface area contributed by atoms with E-state index < -0.39 is 54.0 Å². The molecule has 3 rings (SSSR count). The lowest BCUT2D eigenvalue weighted by molar-refractivity contribution is -0.150. The van der Waals surface area contributed by atoms with Crippen molar-refractivity contribution < 1.29 is 29.4 Å². The molecule has 38 heavy (non-hydrogen) atoms. The maximum absolute atomic E-state index is 13.5. The van der Waals surface area contributed by atoms with Crippen LogP contribution in [0, 0.1) is 0 Å². The summed E-state index contributed by atoms with van der Waals surface area (Å²) >= 11 is 0. The minimum Gasteiger partial charge on any atom is -0.480 e. The van der Waals surface area contributed by atoms with Gasteiger partial charge in [0, 0.05) is 30.1 Å². The molecular formula is C26H38N6O6. The molecule has 1 aliphatic rings. The number of para-hydroxylation sites is 1. The highest BCUT2D eigenvalue weighted by atomic mass is 16.4. The molecule has 0 spiro atoms. The molecule has 208 valence electrons. The fraction of sp³-hybridized carbons (Fsp3) is 0.538. The molecule has 5 atom stereocenters. The van der Waals surface area contributed by atoms with E-state index in [1.54, 1.807) is 6.20 Å². The highest BCUT2D eigenvalue weighted by Crippen LogP contribution is 2.21. The molecule has 1 saturated heterocycles. The molecular weight excluding hydrogens is 492 g/mol. The number of aliphatic carboxylic acids is 1. The number of likely N-dealkylation sites (tertiary alicyclic amines) is 1. The molecule has 0 aliphatic carbocycles. The second kappa shape index (κ2) is 13.4. The number of carbonyl (C=O) groups is 4. The predicted molar refractivity (Wildman–Crippen MR) is 141 cm³/mol. The molecule has 2 aromatic rings. The van der Waals surface area contributed by atoms with Gasteiger partial charge in [-0.2, -0.15) is 0 Å². The maximum atomic E-state index is 13.5. The van der Waals surface area contributed by atoms with Crippen molar-refractivity contribution in [3.63, 3.8) is 0 Å². The standard InChI is InChI=1S/C26H38N6O6/c1-15(33)22(25(36)32-12-6-10-21(32)26(37)38)31-24(35)20(30-23(34)18(28)8-4-5-11-27)13-16-14-29-19-9-3-2-7-17(16)19/h2-3,7,9,14-15,18,20-22,29,33H,4-6,8,10-13,27-28H2,1H3,(H,30,34)(H,31,35)(H,37,38). The van der Waals surface area contributed by atoms with Crippen LogP contribution >= 0.6 is 0 Å². The zero-order valence-corrected chi connectivity index (χ0v) is 21.6. The van der Waals surface area contributed by atoms with Crippen molar-refractivity contribution in [3.8, 4) is 0 Å². The fourth-order valence-corrected chi connectivity index (χ4v) is 4.76. The summed E-state index contributed by atoms with van der Waals surface area (Å²) in [7, 11) is 0. The van der Waals surface area contributed by atoms with Crippen LogP contribution in [0.5, 0.6) is 0 Å². The zero-order valence-electron chi connectivity index (χ0n) is 21.6. The van der Waals surface area contributed by atoms with Crippen molar-refractivity contribution in [3.05, 3.63) is 36.0 Å². The number of nitrogens with two attached hydrogens (primary N) is 2. The number of aliphatic hydroxyl groups is 1. The molecule has 1 aromatic heterocycles. The number of aromatic amines is 1. The number of fused-ring (bicyclic) bond motifs is 1. The molecule has 1 fully saturated rings. The lowest BCUT2D eigenvalue weighted by atomic mass is 10.0. The Kier molecular flexibility index (Phi) is 10.2. The number of H-pyrrole nitrogens is 1. The van der Waals surface area contributed by atoms with Crippen LogP contribution < -0.4 is 22.1 Å². The number of aromatic nitrogens is 1. The number of unbranched alkanes of at least 4 members (excludes halogenated alkanes) is 1. The van der Waals surface area contributed by atoms with Gasteiger partial charge in [0.25, 0.3) is 0 Å². The van der Waals surface area contributed by atoms with E-state index in [1.165, 1.54) is 11.8 Å². The van der Waals surface area contributed by atoms with Gasteiger partial charge in [0.05, 0.1) is 12.1 Å². The quantitative estimate of drug-likeness (QED) is 0.169. The highest BCUT2D eigenvalue weighted by molar-refractivity contribution is 5.95. The average Bonchev–Trinajstić information content (AvgIpc) is 3.54. The van der Waals surface area contributed by atoms with E-state index in [0.717, 1.165) is 16.5 Å². The average molecular weight is 531 g/mol. The summed E-state index contributed by atoms with van der Waals surface area (Å²) in [5.41, 5.74) is 13.2. The van der Waals surface area contributed by atoms with Gasteiger partial charge in [-0.05, 0) is 50.8 Å². The number of benzene rings is 1. The summed E-state index contributed by atoms with van der Waals surface area (Å²) in [6.45, 7) is 2.03. The zero-order chi connectivity index (χ0) is 27.8. The Morgan fingerprint density at radius 1 is 1.16 bits per heavy atom. The monoisotopic (exact) mass is 530 g/mol. The molecule has 12 nitrogen and oxygen atoms in total. The minimum atomic E-state index is -1.39. The number of hydrogen-bond donors (Lipinski definition) is 7. The van der Waals surface area contributed by atoms with Crippen molar-refractivity contribution in [1.82, 2.24) is 20.5 Å². The summed E-state index contributed by atoms with van der Waals surface area (Å²) in [6.07, 6.45) is 3.11. The Morgan fingerprint density at radius 2 is 1.89 bits per heavy atom. The van der Waals surface area contributed by atoms with Gasteiger partial charge in [-0.25, -0.2) is 4.79 Å². The summed E-state index contributed by atoms with van der Waals surface area (Å²) in [4.78, 5) is 55.4. The maximum Gasteiger partial charge on any atom is 0.326 e. The first-order valence-corrected chi connectivity index (χ1v) is 13.0. The summed E-state index contributed by atoms with van der Waals surface area (Å²) < 4.78 is 0. The largest absolute Gasteiger partial charge is 0.480 e. The van der Waals surface area contributed by atoms with Crippen LogP contribution in [0.4, 0.5) is 0 Å². The van der Waals surface area contributed by atoms with E-state index in [0.29, 0.717) is 38.6 Å². The van der Waals surface area contributed by atoms with Crippen LogP contribution in [0.3, 0.4) is 0 Å². The highest BCUT2D eigenvalue weighted by Gasteiger charge is 2.40. The number of carboxylic acid groups (broad SMARTS) is 1. The number of carbonyl (C=O) groups excluding carboxylic acids is 3. The number of nitrogens with zero attached hydrogens (tertiary/aromatic N) is 1. The van der Waals surface area contributed by atoms with Crippen molar-refractivity contribution >= 4 is 34.6 Å². The molecule has 0 radical (unpaired) electrons. The van der Waals surface area contributed by atoms with Crippen molar-refractivity contribution in [2.75, 3.05) is 13.1 Å². The smallest absolute Gasteiger partial charge is 0.326 e. The number of amides is 3. The van der Waals surface area contributed by atoms with Gasteiger partial charge < -0.3 is 42.2 Å². The van der Waals surface area contributed by atoms with E-state index in [2.05, 4.69) is 15.6 Å².